The Morgan fingerprint density at radius 1 is 1.00 bits per heavy atom. The molecular weight excluding hydrogens is 470 g/mol. The monoisotopic (exact) mass is 505 g/mol. The van der Waals surface area contributed by atoms with Crippen LogP contribution in [0.1, 0.15) is 32.8 Å². The van der Waals surface area contributed by atoms with Crippen molar-refractivity contribution < 1.29 is 34.5 Å². The van der Waals surface area contributed by atoms with E-state index in [1.807, 2.05) is 38.1 Å². The van der Waals surface area contributed by atoms with E-state index in [0.29, 0.717) is 6.42 Å². The van der Waals surface area contributed by atoms with E-state index in [0.717, 1.165) is 16.5 Å². The molecule has 2 aromatic rings. The number of hydrogen-bond donors (Lipinski definition) is 8. The quantitative estimate of drug-likeness (QED) is 0.169. The smallest absolute Gasteiger partial charge is 0.328 e. The lowest BCUT2D eigenvalue weighted by Crippen LogP contribution is -2.60. The van der Waals surface area contributed by atoms with Crippen molar-refractivity contribution in [3.05, 3.63) is 36.0 Å². The number of carboxylic acid groups (broad SMARTS) is 1. The molecule has 0 radical (unpaired) electrons. The summed E-state index contributed by atoms with van der Waals surface area (Å²) in [4.78, 5) is 52.9. The molecule has 0 fully saturated rings. The van der Waals surface area contributed by atoms with E-state index in [9.17, 15) is 29.4 Å². The minimum atomic E-state index is -1.62. The maximum absolute atomic E-state index is 13.3. The van der Waals surface area contributed by atoms with Crippen molar-refractivity contribution in [2.24, 2.45) is 11.7 Å². The summed E-state index contributed by atoms with van der Waals surface area (Å²) < 4.78 is 0. The summed E-state index contributed by atoms with van der Waals surface area (Å²) in [6, 6.07) is 2.21. The van der Waals surface area contributed by atoms with E-state index in [2.05, 4.69) is 20.9 Å². The lowest BCUT2D eigenvalue weighted by Gasteiger charge is -2.27. The third kappa shape index (κ3) is 7.26. The Labute approximate surface area is 208 Å². The highest BCUT2D eigenvalue weighted by Crippen LogP contribution is 2.19. The third-order valence-electron chi connectivity index (χ3n) is 6.15. The molecule has 12 nitrogen and oxygen atoms in total. The van der Waals surface area contributed by atoms with Crippen molar-refractivity contribution in [3.8, 4) is 0 Å². The average molecular weight is 506 g/mol. The number of aliphatic hydroxyl groups excluding tert-OH is 2. The molecule has 1 heterocycles. The Morgan fingerprint density at radius 3 is 2.22 bits per heavy atom. The van der Waals surface area contributed by atoms with Gasteiger partial charge in [-0.3, -0.25) is 14.4 Å². The zero-order valence-corrected chi connectivity index (χ0v) is 20.5. The molecule has 12 heteroatoms. The Kier molecular flexibility index (Phi) is 10.4. The molecule has 0 aliphatic rings. The van der Waals surface area contributed by atoms with Crippen molar-refractivity contribution in [3.63, 3.8) is 0 Å². The molecule has 0 saturated heterocycles. The van der Waals surface area contributed by atoms with Crippen molar-refractivity contribution in [2.45, 2.75) is 63.9 Å². The van der Waals surface area contributed by atoms with Crippen LogP contribution in [0.5, 0.6) is 0 Å². The molecule has 198 valence electrons. The molecule has 9 N–H and O–H groups in total. The van der Waals surface area contributed by atoms with Crippen molar-refractivity contribution >= 4 is 34.6 Å². The van der Waals surface area contributed by atoms with Gasteiger partial charge < -0.3 is 42.0 Å². The van der Waals surface area contributed by atoms with Crippen LogP contribution in [-0.2, 0) is 25.6 Å². The van der Waals surface area contributed by atoms with E-state index in [1.165, 1.54) is 6.92 Å². The van der Waals surface area contributed by atoms with Gasteiger partial charge in [0.25, 0.3) is 0 Å². The number of rotatable bonds is 13. The number of para-hydroxylation sites is 1. The number of nitrogens with one attached hydrogen (secondary N) is 4. The number of aromatic amines is 1. The number of carboxylic acids is 1. The number of aliphatic carboxylic acids is 1. The van der Waals surface area contributed by atoms with Crippen LogP contribution >= 0.6 is 0 Å². The number of aliphatic hydroxyl groups is 2. The molecular formula is C24H35N5O7. The number of amides is 3. The van der Waals surface area contributed by atoms with Crippen LogP contribution in [-0.4, -0.2) is 80.9 Å². The zero-order valence-electron chi connectivity index (χ0n) is 20.5. The van der Waals surface area contributed by atoms with E-state index < -0.39 is 60.6 Å². The summed E-state index contributed by atoms with van der Waals surface area (Å²) in [5, 5.41) is 36.3. The molecule has 36 heavy (non-hydrogen) atoms. The Hall–Kier alpha value is -3.48. The fraction of sp³-hybridized carbons (Fsp3) is 0.500. The Balaban J connectivity index is 2.29. The fourth-order valence-corrected chi connectivity index (χ4v) is 3.62. The molecule has 6 atom stereocenters. The highest BCUT2D eigenvalue weighted by atomic mass is 16.4. The van der Waals surface area contributed by atoms with Gasteiger partial charge >= 0.3 is 5.97 Å². The first-order valence-electron chi connectivity index (χ1n) is 11.7. The fourth-order valence-electron chi connectivity index (χ4n) is 3.62. The Bertz CT molecular complexity index is 1070. The summed E-state index contributed by atoms with van der Waals surface area (Å²) in [7, 11) is 0. The van der Waals surface area contributed by atoms with Gasteiger partial charge in [0.2, 0.25) is 17.7 Å². The first kappa shape index (κ1) is 28.8. The second kappa shape index (κ2) is 13.0. The number of H-pyrrole nitrogens is 1. The predicted octanol–water partition coefficient (Wildman–Crippen LogP) is -1.00. The summed E-state index contributed by atoms with van der Waals surface area (Å²) in [6.07, 6.45) is 1.00. The van der Waals surface area contributed by atoms with E-state index >= 15 is 0 Å². The van der Waals surface area contributed by atoms with Crippen molar-refractivity contribution in [2.75, 3.05) is 6.61 Å². The van der Waals surface area contributed by atoms with Gasteiger partial charge in [0.1, 0.15) is 18.1 Å². The molecule has 0 saturated carbocycles. The summed E-state index contributed by atoms with van der Waals surface area (Å²) in [5.41, 5.74) is 7.61. The van der Waals surface area contributed by atoms with Gasteiger partial charge in [-0.15, -0.1) is 0 Å². The maximum Gasteiger partial charge on any atom is 0.328 e. The minimum Gasteiger partial charge on any atom is -0.480 e. The second-order valence-corrected chi connectivity index (χ2v) is 8.84. The van der Waals surface area contributed by atoms with Crippen LogP contribution in [0.2, 0.25) is 0 Å². The van der Waals surface area contributed by atoms with Crippen LogP contribution in [0.4, 0.5) is 0 Å². The highest BCUT2D eigenvalue weighted by Gasteiger charge is 2.33. The average Bonchev–Trinajstić information content (AvgIpc) is 3.26. The van der Waals surface area contributed by atoms with E-state index in [1.54, 1.807) is 6.20 Å². The largest absolute Gasteiger partial charge is 0.480 e. The molecule has 3 amide bonds. The van der Waals surface area contributed by atoms with Crippen LogP contribution in [0, 0.1) is 5.92 Å². The first-order valence-corrected chi connectivity index (χ1v) is 11.7. The lowest BCUT2D eigenvalue weighted by atomic mass is 9.98. The lowest BCUT2D eigenvalue weighted by molar-refractivity contribution is -0.144. The maximum atomic E-state index is 13.3. The molecule has 0 aliphatic carbocycles. The standard InChI is InChI=1S/C24H35N5O7/c1-4-12(2)19(25)22(33)27-17(9-14-10-26-16-8-6-5-7-15(14)16)21(32)29-20(13(3)31)23(34)28-18(11-30)24(35)36/h5-8,10,12-13,17-20,26,30-31H,4,9,11,25H2,1-3H3,(H,27,33)(H,28,34)(H,29,32)(H,35,36). The number of benzene rings is 1. The number of hydrogen-bond acceptors (Lipinski definition) is 7. The van der Waals surface area contributed by atoms with Gasteiger partial charge in [-0.2, -0.15) is 0 Å². The van der Waals surface area contributed by atoms with Gasteiger partial charge in [-0.25, -0.2) is 4.79 Å². The van der Waals surface area contributed by atoms with Crippen LogP contribution in [0.3, 0.4) is 0 Å². The summed E-state index contributed by atoms with van der Waals surface area (Å²) in [6.45, 7) is 4.06. The van der Waals surface area contributed by atoms with Gasteiger partial charge in [0.05, 0.1) is 18.8 Å². The first-order chi connectivity index (χ1) is 17.0. The van der Waals surface area contributed by atoms with Crippen LogP contribution in [0.25, 0.3) is 10.9 Å². The van der Waals surface area contributed by atoms with Crippen molar-refractivity contribution in [1.29, 1.82) is 0 Å². The topological polar surface area (TPSA) is 207 Å². The number of carbonyl (C=O) groups is 4. The summed E-state index contributed by atoms with van der Waals surface area (Å²) in [5.74, 6) is -3.96. The second-order valence-electron chi connectivity index (χ2n) is 8.84. The SMILES string of the molecule is CCC(C)C(N)C(=O)NC(Cc1c[nH]c2ccccc12)C(=O)NC(C(=O)NC(CO)C(=O)O)C(C)O. The van der Waals surface area contributed by atoms with E-state index in [4.69, 9.17) is 10.8 Å². The molecule has 0 aliphatic heterocycles. The molecule has 1 aromatic carbocycles. The normalized spacial score (nSPS) is 16.3. The molecule has 6 unspecified atom stereocenters. The van der Waals surface area contributed by atoms with Crippen LogP contribution < -0.4 is 21.7 Å². The predicted molar refractivity (Wildman–Crippen MR) is 132 cm³/mol. The number of nitrogens with two attached hydrogens (primary N) is 1. The third-order valence-corrected chi connectivity index (χ3v) is 6.15. The number of fused-ring (bicyclic) bond motifs is 1. The Morgan fingerprint density at radius 2 is 1.64 bits per heavy atom. The minimum absolute atomic E-state index is 0.0529. The van der Waals surface area contributed by atoms with Gasteiger partial charge in [0, 0.05) is 23.5 Å². The van der Waals surface area contributed by atoms with E-state index in [-0.39, 0.29) is 12.3 Å². The van der Waals surface area contributed by atoms with Gasteiger partial charge in [0.15, 0.2) is 0 Å². The van der Waals surface area contributed by atoms with Gasteiger partial charge in [-0.05, 0) is 24.5 Å². The molecule has 2 rings (SSSR count). The molecule has 1 aromatic heterocycles. The summed E-state index contributed by atoms with van der Waals surface area (Å²) >= 11 is 0. The van der Waals surface area contributed by atoms with Crippen molar-refractivity contribution in [1.82, 2.24) is 20.9 Å². The molecule has 0 bridgehead atoms. The number of aromatic nitrogens is 1. The highest BCUT2D eigenvalue weighted by molar-refractivity contribution is 5.95. The van der Waals surface area contributed by atoms with Crippen LogP contribution in [0.15, 0.2) is 30.5 Å². The molecule has 0 spiro atoms. The van der Waals surface area contributed by atoms with Gasteiger partial charge in [-0.1, -0.05) is 38.5 Å². The zero-order chi connectivity index (χ0) is 27.0. The number of carbonyl (C=O) groups excluding carboxylic acids is 3.